The molecule has 0 fully saturated rings. The van der Waals surface area contributed by atoms with E-state index in [0.717, 1.165) is 25.3 Å². The lowest BCUT2D eigenvalue weighted by molar-refractivity contribution is 0.565. The van der Waals surface area contributed by atoms with E-state index in [1.54, 1.807) is 0 Å². The van der Waals surface area contributed by atoms with Gasteiger partial charge in [-0.15, -0.1) is 0 Å². The molecule has 0 saturated carbocycles. The molecule has 4 nitrogen and oxygen atoms in total. The third-order valence-electron chi connectivity index (χ3n) is 2.61. The van der Waals surface area contributed by atoms with Crippen LogP contribution in [0.5, 0.6) is 0 Å². The van der Waals surface area contributed by atoms with Crippen LogP contribution >= 0.6 is 0 Å². The van der Waals surface area contributed by atoms with Crippen LogP contribution in [0, 0.1) is 0 Å². The molecular formula is C13H18N4. The number of nitrogens with zero attached hydrogens (tertiary/aromatic N) is 3. The monoisotopic (exact) mass is 230 g/mol. The number of aromatic nitrogens is 3. The lowest BCUT2D eigenvalue weighted by Crippen LogP contribution is -2.15. The summed E-state index contributed by atoms with van der Waals surface area (Å²) in [5, 5.41) is 3.39. The highest BCUT2D eigenvalue weighted by Gasteiger charge is 1.93. The summed E-state index contributed by atoms with van der Waals surface area (Å²) in [6.45, 7) is 2.93. The molecule has 0 aliphatic carbocycles. The number of aryl methyl sites for hydroxylation is 1. The smallest absolute Gasteiger partial charge is 0.0945 e. The summed E-state index contributed by atoms with van der Waals surface area (Å²) in [4.78, 5) is 8.28. The minimum atomic E-state index is 0.853. The quantitative estimate of drug-likeness (QED) is 0.738. The molecule has 0 aromatic carbocycles. The fraction of sp³-hybridized carbons (Fsp3) is 0.385. The van der Waals surface area contributed by atoms with Gasteiger partial charge >= 0.3 is 0 Å². The van der Waals surface area contributed by atoms with Crippen LogP contribution in [0.25, 0.3) is 0 Å². The van der Waals surface area contributed by atoms with Crippen molar-refractivity contribution >= 4 is 0 Å². The lowest BCUT2D eigenvalue weighted by atomic mass is 10.3. The Bertz CT molecular complexity index is 397. The maximum Gasteiger partial charge on any atom is 0.0945 e. The zero-order valence-corrected chi connectivity index (χ0v) is 9.92. The predicted octanol–water partition coefficient (Wildman–Crippen LogP) is 1.85. The van der Waals surface area contributed by atoms with Crippen molar-refractivity contribution in [3.8, 4) is 0 Å². The first-order valence-electron chi connectivity index (χ1n) is 6.01. The van der Waals surface area contributed by atoms with Crippen LogP contribution in [-0.2, 0) is 13.1 Å². The highest BCUT2D eigenvalue weighted by atomic mass is 15.0. The summed E-state index contributed by atoms with van der Waals surface area (Å²) in [7, 11) is 0. The number of rotatable bonds is 7. The number of hydrogen-bond donors (Lipinski definition) is 1. The van der Waals surface area contributed by atoms with Crippen LogP contribution < -0.4 is 5.32 Å². The van der Waals surface area contributed by atoms with Gasteiger partial charge in [-0.25, -0.2) is 4.98 Å². The van der Waals surface area contributed by atoms with E-state index in [2.05, 4.69) is 19.9 Å². The summed E-state index contributed by atoms with van der Waals surface area (Å²) in [6, 6.07) is 6.00. The molecular weight excluding hydrogens is 212 g/mol. The highest BCUT2D eigenvalue weighted by molar-refractivity contribution is 5.02. The molecule has 2 rings (SSSR count). The van der Waals surface area contributed by atoms with Gasteiger partial charge in [0.05, 0.1) is 12.0 Å². The number of imidazole rings is 1. The van der Waals surface area contributed by atoms with Crippen molar-refractivity contribution in [2.75, 3.05) is 6.54 Å². The minimum Gasteiger partial charge on any atom is -0.337 e. The van der Waals surface area contributed by atoms with E-state index < -0.39 is 0 Å². The maximum atomic E-state index is 4.26. The van der Waals surface area contributed by atoms with Crippen molar-refractivity contribution in [3.05, 3.63) is 48.8 Å². The SMILES string of the molecule is c1ccc(CNCCCCn2ccnc2)nc1. The number of nitrogens with one attached hydrogen (secondary N) is 1. The van der Waals surface area contributed by atoms with Crippen LogP contribution in [0.15, 0.2) is 43.1 Å². The van der Waals surface area contributed by atoms with E-state index in [4.69, 9.17) is 0 Å². The van der Waals surface area contributed by atoms with Crippen molar-refractivity contribution < 1.29 is 0 Å². The van der Waals surface area contributed by atoms with Gasteiger partial charge in [0, 0.05) is 31.7 Å². The largest absolute Gasteiger partial charge is 0.337 e. The lowest BCUT2D eigenvalue weighted by Gasteiger charge is -2.04. The molecule has 2 aromatic rings. The third-order valence-corrected chi connectivity index (χ3v) is 2.61. The molecule has 4 heteroatoms. The summed E-state index contributed by atoms with van der Waals surface area (Å²) < 4.78 is 2.11. The molecule has 1 N–H and O–H groups in total. The minimum absolute atomic E-state index is 0.853. The van der Waals surface area contributed by atoms with Gasteiger partial charge in [0.25, 0.3) is 0 Å². The molecule has 0 aliphatic rings. The Morgan fingerprint density at radius 3 is 2.94 bits per heavy atom. The predicted molar refractivity (Wildman–Crippen MR) is 67.4 cm³/mol. The Kier molecular flexibility index (Phi) is 4.72. The van der Waals surface area contributed by atoms with E-state index in [9.17, 15) is 0 Å². The van der Waals surface area contributed by atoms with Gasteiger partial charge in [-0.2, -0.15) is 0 Å². The van der Waals surface area contributed by atoms with Gasteiger partial charge in [0.2, 0.25) is 0 Å². The van der Waals surface area contributed by atoms with Gasteiger partial charge in [0.15, 0.2) is 0 Å². The molecule has 0 saturated heterocycles. The zero-order valence-electron chi connectivity index (χ0n) is 9.92. The zero-order chi connectivity index (χ0) is 11.8. The average Bonchev–Trinajstić information content (AvgIpc) is 2.88. The van der Waals surface area contributed by atoms with E-state index in [-0.39, 0.29) is 0 Å². The van der Waals surface area contributed by atoms with Gasteiger partial charge in [-0.1, -0.05) is 6.07 Å². The summed E-state index contributed by atoms with van der Waals surface area (Å²) in [5.74, 6) is 0. The summed E-state index contributed by atoms with van der Waals surface area (Å²) in [5.41, 5.74) is 1.10. The molecule has 0 amide bonds. The van der Waals surface area contributed by atoms with Gasteiger partial charge in [-0.05, 0) is 31.5 Å². The standard InChI is InChI=1S/C13H18N4/c1-2-7-16-13(5-1)11-14-6-3-4-9-17-10-8-15-12-17/h1-2,5,7-8,10,12,14H,3-4,6,9,11H2. The van der Waals surface area contributed by atoms with Crippen molar-refractivity contribution in [1.82, 2.24) is 19.9 Å². The van der Waals surface area contributed by atoms with Crippen LogP contribution in [-0.4, -0.2) is 21.1 Å². The molecule has 17 heavy (non-hydrogen) atoms. The van der Waals surface area contributed by atoms with Crippen LogP contribution in [0.3, 0.4) is 0 Å². The summed E-state index contributed by atoms with van der Waals surface area (Å²) in [6.07, 6.45) is 9.86. The molecule has 0 atom stereocenters. The Balaban J connectivity index is 1.52. The number of unbranched alkanes of at least 4 members (excludes halogenated alkanes) is 1. The second-order valence-electron chi connectivity index (χ2n) is 4.01. The van der Waals surface area contributed by atoms with Crippen molar-refractivity contribution in [2.45, 2.75) is 25.9 Å². The fourth-order valence-corrected chi connectivity index (χ4v) is 1.68. The first-order chi connectivity index (χ1) is 8.45. The van der Waals surface area contributed by atoms with E-state index in [1.807, 2.05) is 43.1 Å². The molecule has 0 spiro atoms. The second kappa shape index (κ2) is 6.81. The van der Waals surface area contributed by atoms with Crippen LogP contribution in [0.4, 0.5) is 0 Å². The van der Waals surface area contributed by atoms with Crippen LogP contribution in [0.2, 0.25) is 0 Å². The van der Waals surface area contributed by atoms with Crippen LogP contribution in [0.1, 0.15) is 18.5 Å². The first-order valence-corrected chi connectivity index (χ1v) is 6.01. The molecule has 0 bridgehead atoms. The van der Waals surface area contributed by atoms with Gasteiger partial charge in [-0.3, -0.25) is 4.98 Å². The first kappa shape index (κ1) is 11.8. The second-order valence-corrected chi connectivity index (χ2v) is 4.01. The maximum absolute atomic E-state index is 4.26. The molecule has 2 aromatic heterocycles. The Labute approximate surface area is 102 Å². The highest BCUT2D eigenvalue weighted by Crippen LogP contribution is 1.95. The Morgan fingerprint density at radius 2 is 2.18 bits per heavy atom. The number of pyridine rings is 1. The van der Waals surface area contributed by atoms with E-state index in [1.165, 1.54) is 12.8 Å². The topological polar surface area (TPSA) is 42.7 Å². The Morgan fingerprint density at radius 1 is 1.18 bits per heavy atom. The van der Waals surface area contributed by atoms with E-state index >= 15 is 0 Å². The summed E-state index contributed by atoms with van der Waals surface area (Å²) >= 11 is 0. The van der Waals surface area contributed by atoms with Gasteiger partial charge in [0.1, 0.15) is 0 Å². The van der Waals surface area contributed by atoms with Gasteiger partial charge < -0.3 is 9.88 Å². The molecule has 90 valence electrons. The van der Waals surface area contributed by atoms with Crippen molar-refractivity contribution in [1.29, 1.82) is 0 Å². The third kappa shape index (κ3) is 4.36. The van der Waals surface area contributed by atoms with Crippen molar-refractivity contribution in [2.24, 2.45) is 0 Å². The molecule has 0 aliphatic heterocycles. The molecule has 0 unspecified atom stereocenters. The Hall–Kier alpha value is -1.68. The normalized spacial score (nSPS) is 10.6. The van der Waals surface area contributed by atoms with E-state index in [0.29, 0.717) is 0 Å². The fourth-order valence-electron chi connectivity index (χ4n) is 1.68. The average molecular weight is 230 g/mol. The number of hydrogen-bond acceptors (Lipinski definition) is 3. The molecule has 2 heterocycles. The van der Waals surface area contributed by atoms with Crippen molar-refractivity contribution in [3.63, 3.8) is 0 Å². The molecule has 0 radical (unpaired) electrons.